The normalized spacial score (nSPS) is 28.2. The Kier molecular flexibility index (Phi) is 2.58. The van der Waals surface area contributed by atoms with E-state index in [1.807, 2.05) is 10.6 Å². The largest absolute Gasteiger partial charge is 0.312 e. The minimum absolute atomic E-state index is 0.176. The van der Waals surface area contributed by atoms with Crippen LogP contribution < -0.4 is 5.56 Å². The van der Waals surface area contributed by atoms with Crippen LogP contribution in [-0.4, -0.2) is 28.6 Å². The average molecular weight is 232 g/mol. The van der Waals surface area contributed by atoms with Crippen molar-refractivity contribution in [3.05, 3.63) is 34.2 Å². The molecular weight excluding hydrogens is 212 g/mol. The highest BCUT2D eigenvalue weighted by atomic mass is 16.1. The fraction of sp³-hybridized carbons (Fsp3) is 0.643. The first-order chi connectivity index (χ1) is 8.15. The second kappa shape index (κ2) is 3.98. The highest BCUT2D eigenvalue weighted by Crippen LogP contribution is 2.35. The van der Waals surface area contributed by atoms with Crippen molar-refractivity contribution in [1.29, 1.82) is 0 Å². The third-order valence-corrected chi connectivity index (χ3v) is 4.24. The number of likely N-dealkylation sites (tertiary alicyclic amines) is 1. The van der Waals surface area contributed by atoms with Gasteiger partial charge in [-0.3, -0.25) is 9.69 Å². The molecule has 0 aromatic carbocycles. The monoisotopic (exact) mass is 232 g/mol. The first-order valence-electron chi connectivity index (χ1n) is 6.59. The van der Waals surface area contributed by atoms with Gasteiger partial charge in [0.05, 0.1) is 0 Å². The van der Waals surface area contributed by atoms with Crippen LogP contribution >= 0.6 is 0 Å². The van der Waals surface area contributed by atoms with Crippen molar-refractivity contribution in [2.75, 3.05) is 13.1 Å². The van der Waals surface area contributed by atoms with E-state index in [4.69, 9.17) is 0 Å². The second-order valence-electron chi connectivity index (χ2n) is 5.75. The molecule has 0 amide bonds. The van der Waals surface area contributed by atoms with Gasteiger partial charge in [-0.1, -0.05) is 6.07 Å². The van der Waals surface area contributed by atoms with E-state index in [0.29, 0.717) is 17.9 Å². The smallest absolute Gasteiger partial charge is 0.250 e. The van der Waals surface area contributed by atoms with Gasteiger partial charge in [-0.25, -0.2) is 0 Å². The third-order valence-electron chi connectivity index (χ3n) is 4.24. The summed E-state index contributed by atoms with van der Waals surface area (Å²) in [5.74, 6) is 1.21. The van der Waals surface area contributed by atoms with Crippen molar-refractivity contribution in [1.82, 2.24) is 9.47 Å². The van der Waals surface area contributed by atoms with Crippen LogP contribution in [0.25, 0.3) is 0 Å². The van der Waals surface area contributed by atoms with Gasteiger partial charge in [0.15, 0.2) is 0 Å². The van der Waals surface area contributed by atoms with Crippen molar-refractivity contribution in [3.63, 3.8) is 0 Å². The van der Waals surface area contributed by atoms with E-state index in [9.17, 15) is 4.79 Å². The molecule has 17 heavy (non-hydrogen) atoms. The van der Waals surface area contributed by atoms with Crippen LogP contribution in [-0.2, 0) is 6.54 Å². The number of pyridine rings is 1. The van der Waals surface area contributed by atoms with Crippen molar-refractivity contribution >= 4 is 0 Å². The van der Waals surface area contributed by atoms with E-state index >= 15 is 0 Å². The van der Waals surface area contributed by atoms with Gasteiger partial charge in [0.2, 0.25) is 0 Å². The van der Waals surface area contributed by atoms with Gasteiger partial charge < -0.3 is 4.57 Å². The van der Waals surface area contributed by atoms with Crippen LogP contribution in [0.2, 0.25) is 0 Å². The quantitative estimate of drug-likeness (QED) is 0.736. The van der Waals surface area contributed by atoms with Crippen LogP contribution in [0.15, 0.2) is 23.0 Å². The van der Waals surface area contributed by atoms with E-state index < -0.39 is 0 Å². The molecule has 0 radical (unpaired) electrons. The van der Waals surface area contributed by atoms with Crippen LogP contribution in [0, 0.1) is 5.92 Å². The van der Waals surface area contributed by atoms with Crippen molar-refractivity contribution < 1.29 is 0 Å². The molecule has 2 aliphatic heterocycles. The van der Waals surface area contributed by atoms with E-state index in [0.717, 1.165) is 19.6 Å². The van der Waals surface area contributed by atoms with Gasteiger partial charge in [-0.05, 0) is 32.3 Å². The maximum atomic E-state index is 11.9. The molecule has 3 rings (SSSR count). The zero-order valence-corrected chi connectivity index (χ0v) is 10.6. The van der Waals surface area contributed by atoms with Crippen molar-refractivity contribution in [2.45, 2.75) is 38.8 Å². The molecular formula is C14H20N2O. The summed E-state index contributed by atoms with van der Waals surface area (Å²) < 4.78 is 2.00. The lowest BCUT2D eigenvalue weighted by molar-refractivity contribution is 0.0943. The number of hydrogen-bond acceptors (Lipinski definition) is 2. The SMILES string of the molecule is CC(C)N1C[C@H]2C[C@@H](C1)c1cccc(=O)n1C2. The molecule has 0 aliphatic carbocycles. The Morgan fingerprint density at radius 2 is 2.06 bits per heavy atom. The molecule has 2 bridgehead atoms. The highest BCUT2D eigenvalue weighted by molar-refractivity contribution is 5.17. The maximum absolute atomic E-state index is 11.9. The first kappa shape index (κ1) is 11.0. The number of piperidine rings is 1. The topological polar surface area (TPSA) is 25.2 Å². The lowest BCUT2D eigenvalue weighted by Crippen LogP contribution is -2.49. The zero-order chi connectivity index (χ0) is 12.0. The molecule has 1 aromatic rings. The summed E-state index contributed by atoms with van der Waals surface area (Å²) in [7, 11) is 0. The predicted molar refractivity (Wildman–Crippen MR) is 68.3 cm³/mol. The summed E-state index contributed by atoms with van der Waals surface area (Å²) in [6.07, 6.45) is 1.26. The molecule has 3 heteroatoms. The van der Waals surface area contributed by atoms with Crippen molar-refractivity contribution in [2.24, 2.45) is 5.92 Å². The van der Waals surface area contributed by atoms with Gasteiger partial charge >= 0.3 is 0 Å². The van der Waals surface area contributed by atoms with Gasteiger partial charge in [0, 0.05) is 43.4 Å². The Bertz CT molecular complexity index is 477. The standard InChI is InChI=1S/C14H20N2O/c1-10(2)15-7-11-6-12(9-15)13-4-3-5-14(17)16(13)8-11/h3-5,10-12H,6-9H2,1-2H3/t11-,12+/m1/s1. The molecule has 3 nitrogen and oxygen atoms in total. The number of fused-ring (bicyclic) bond motifs is 4. The first-order valence-corrected chi connectivity index (χ1v) is 6.59. The number of aromatic nitrogens is 1. The number of hydrogen-bond donors (Lipinski definition) is 0. The van der Waals surface area contributed by atoms with Gasteiger partial charge in [0.25, 0.3) is 5.56 Å². The summed E-state index contributed by atoms with van der Waals surface area (Å²) in [6, 6.07) is 6.34. The predicted octanol–water partition coefficient (Wildman–Crippen LogP) is 1.68. The van der Waals surface area contributed by atoms with E-state index in [-0.39, 0.29) is 5.56 Å². The number of nitrogens with zero attached hydrogens (tertiary/aromatic N) is 2. The Morgan fingerprint density at radius 1 is 1.24 bits per heavy atom. The molecule has 3 heterocycles. The number of rotatable bonds is 1. The average Bonchev–Trinajstić information content (AvgIpc) is 2.30. The van der Waals surface area contributed by atoms with E-state index in [2.05, 4.69) is 24.8 Å². The summed E-state index contributed by atoms with van der Waals surface area (Å²) in [4.78, 5) is 14.4. The van der Waals surface area contributed by atoms with Gasteiger partial charge in [0.1, 0.15) is 0 Å². The second-order valence-corrected chi connectivity index (χ2v) is 5.75. The Hall–Kier alpha value is -1.09. The lowest BCUT2D eigenvalue weighted by Gasteiger charge is -2.44. The van der Waals surface area contributed by atoms with E-state index in [1.54, 1.807) is 6.07 Å². The molecule has 1 saturated heterocycles. The lowest BCUT2D eigenvalue weighted by atomic mass is 9.82. The van der Waals surface area contributed by atoms with Crippen LogP contribution in [0.4, 0.5) is 0 Å². The minimum atomic E-state index is 0.176. The molecule has 0 unspecified atom stereocenters. The Labute approximate surface area is 102 Å². The summed E-state index contributed by atoms with van der Waals surface area (Å²) in [6.45, 7) is 7.69. The van der Waals surface area contributed by atoms with Gasteiger partial charge in [-0.15, -0.1) is 0 Å². The van der Waals surface area contributed by atoms with Crippen molar-refractivity contribution in [3.8, 4) is 0 Å². The molecule has 0 N–H and O–H groups in total. The van der Waals surface area contributed by atoms with Crippen LogP contribution in [0.3, 0.4) is 0 Å². The molecule has 2 atom stereocenters. The molecule has 1 aromatic heterocycles. The Morgan fingerprint density at radius 3 is 2.82 bits per heavy atom. The molecule has 1 fully saturated rings. The fourth-order valence-electron chi connectivity index (χ4n) is 3.36. The zero-order valence-electron chi connectivity index (χ0n) is 10.6. The maximum Gasteiger partial charge on any atom is 0.250 e. The molecule has 92 valence electrons. The Balaban J connectivity index is 1.98. The van der Waals surface area contributed by atoms with Crippen LogP contribution in [0.5, 0.6) is 0 Å². The summed E-state index contributed by atoms with van der Waals surface area (Å²) >= 11 is 0. The highest BCUT2D eigenvalue weighted by Gasteiger charge is 2.34. The summed E-state index contributed by atoms with van der Waals surface area (Å²) in [5, 5.41) is 0. The summed E-state index contributed by atoms with van der Waals surface area (Å²) in [5.41, 5.74) is 1.43. The third kappa shape index (κ3) is 1.82. The molecule has 0 spiro atoms. The fourth-order valence-corrected chi connectivity index (χ4v) is 3.36. The minimum Gasteiger partial charge on any atom is -0.312 e. The van der Waals surface area contributed by atoms with Gasteiger partial charge in [-0.2, -0.15) is 0 Å². The van der Waals surface area contributed by atoms with Crippen LogP contribution in [0.1, 0.15) is 31.9 Å². The molecule has 0 saturated carbocycles. The van der Waals surface area contributed by atoms with E-state index in [1.165, 1.54) is 12.1 Å². The molecule has 2 aliphatic rings.